The summed E-state index contributed by atoms with van der Waals surface area (Å²) in [7, 11) is 3.48. The molecule has 0 radical (unpaired) electrons. The Balaban J connectivity index is 2.55. The lowest BCUT2D eigenvalue weighted by atomic mass is 9.89. The largest absolute Gasteiger partial charge is 0.331 e. The summed E-state index contributed by atoms with van der Waals surface area (Å²) in [6, 6.07) is 8.01. The van der Waals surface area contributed by atoms with Gasteiger partial charge < -0.3 is 10.2 Å². The van der Waals surface area contributed by atoms with Gasteiger partial charge in [-0.05, 0) is 42.4 Å². The topological polar surface area (TPSA) is 32.3 Å². The average Bonchev–Trinajstić information content (AvgIpc) is 2.27. The molecule has 0 aliphatic carbocycles. The van der Waals surface area contributed by atoms with E-state index in [0.717, 1.165) is 12.1 Å². The Morgan fingerprint density at radius 2 is 1.95 bits per heavy atom. The first-order valence-electron chi connectivity index (χ1n) is 6.85. The van der Waals surface area contributed by atoms with Crippen molar-refractivity contribution in [2.45, 2.75) is 40.0 Å². The molecule has 0 spiro atoms. The molecular formula is C16H26N2O. The van der Waals surface area contributed by atoms with E-state index in [1.807, 2.05) is 12.1 Å². The fraction of sp³-hybridized carbons (Fsp3) is 0.562. The quantitative estimate of drug-likeness (QED) is 0.868. The van der Waals surface area contributed by atoms with Gasteiger partial charge in [-0.3, -0.25) is 0 Å². The van der Waals surface area contributed by atoms with Gasteiger partial charge in [-0.15, -0.1) is 0 Å². The SMILES string of the molecule is CN(C)C(=O)Nc1cccc(CCCC(C)(C)C)c1. The molecule has 3 nitrogen and oxygen atoms in total. The van der Waals surface area contributed by atoms with Gasteiger partial charge >= 0.3 is 6.03 Å². The van der Waals surface area contributed by atoms with Gasteiger partial charge in [0.1, 0.15) is 0 Å². The maximum absolute atomic E-state index is 11.6. The molecule has 0 bridgehead atoms. The highest BCUT2D eigenvalue weighted by Crippen LogP contribution is 2.22. The monoisotopic (exact) mass is 262 g/mol. The number of carbonyl (C=O) groups is 1. The molecule has 0 saturated carbocycles. The van der Waals surface area contributed by atoms with E-state index in [-0.39, 0.29) is 6.03 Å². The molecule has 3 heteroatoms. The zero-order valence-corrected chi connectivity index (χ0v) is 12.8. The minimum absolute atomic E-state index is 0.0909. The van der Waals surface area contributed by atoms with Crippen LogP contribution < -0.4 is 5.32 Å². The number of aryl methyl sites for hydroxylation is 1. The second kappa shape index (κ2) is 6.60. The van der Waals surface area contributed by atoms with Crippen LogP contribution in [0.5, 0.6) is 0 Å². The minimum atomic E-state index is -0.0909. The highest BCUT2D eigenvalue weighted by atomic mass is 16.2. The summed E-state index contributed by atoms with van der Waals surface area (Å²) in [5, 5.41) is 2.88. The number of benzene rings is 1. The first kappa shape index (κ1) is 15.5. The van der Waals surface area contributed by atoms with Gasteiger partial charge in [0, 0.05) is 19.8 Å². The molecular weight excluding hydrogens is 236 g/mol. The van der Waals surface area contributed by atoms with E-state index in [1.54, 1.807) is 14.1 Å². The van der Waals surface area contributed by atoms with Crippen molar-refractivity contribution in [3.8, 4) is 0 Å². The van der Waals surface area contributed by atoms with Crippen LogP contribution in [0.4, 0.5) is 10.5 Å². The predicted molar refractivity (Wildman–Crippen MR) is 81.5 cm³/mol. The summed E-state index contributed by atoms with van der Waals surface area (Å²) in [6.45, 7) is 6.79. The van der Waals surface area contributed by atoms with E-state index in [9.17, 15) is 4.79 Å². The van der Waals surface area contributed by atoms with Crippen molar-refractivity contribution in [3.63, 3.8) is 0 Å². The van der Waals surface area contributed by atoms with E-state index in [4.69, 9.17) is 0 Å². The molecule has 1 aromatic rings. The third kappa shape index (κ3) is 6.27. The van der Waals surface area contributed by atoms with Crippen molar-refractivity contribution in [2.24, 2.45) is 5.41 Å². The fourth-order valence-electron chi connectivity index (χ4n) is 1.86. The van der Waals surface area contributed by atoms with Crippen LogP contribution in [0.1, 0.15) is 39.2 Å². The highest BCUT2D eigenvalue weighted by Gasteiger charge is 2.09. The Labute approximate surface area is 117 Å². The summed E-state index contributed by atoms with van der Waals surface area (Å²) in [6.07, 6.45) is 3.44. The highest BCUT2D eigenvalue weighted by molar-refractivity contribution is 5.88. The zero-order valence-electron chi connectivity index (χ0n) is 12.8. The van der Waals surface area contributed by atoms with Crippen molar-refractivity contribution in [3.05, 3.63) is 29.8 Å². The Morgan fingerprint density at radius 1 is 1.26 bits per heavy atom. The Kier molecular flexibility index (Phi) is 5.40. The van der Waals surface area contributed by atoms with Crippen LogP contribution in [-0.2, 0) is 6.42 Å². The van der Waals surface area contributed by atoms with E-state index < -0.39 is 0 Å². The molecule has 0 atom stereocenters. The summed E-state index contributed by atoms with van der Waals surface area (Å²) in [5.74, 6) is 0. The second-order valence-corrected chi connectivity index (χ2v) is 6.44. The molecule has 0 heterocycles. The fourth-order valence-corrected chi connectivity index (χ4v) is 1.86. The standard InChI is InChI=1S/C16H26N2O/c1-16(2,3)11-7-9-13-8-6-10-14(12-13)17-15(19)18(4)5/h6,8,10,12H,7,9,11H2,1-5H3,(H,17,19). The molecule has 19 heavy (non-hydrogen) atoms. The van der Waals surface area contributed by atoms with Crippen molar-refractivity contribution in [2.75, 3.05) is 19.4 Å². The molecule has 2 amide bonds. The molecule has 106 valence electrons. The lowest BCUT2D eigenvalue weighted by Gasteiger charge is -2.17. The van der Waals surface area contributed by atoms with Crippen molar-refractivity contribution >= 4 is 11.7 Å². The van der Waals surface area contributed by atoms with Crippen LogP contribution in [0.15, 0.2) is 24.3 Å². The number of anilines is 1. The van der Waals surface area contributed by atoms with Crippen molar-refractivity contribution < 1.29 is 4.79 Å². The number of carbonyl (C=O) groups excluding carboxylic acids is 1. The number of rotatable bonds is 4. The molecule has 0 aliphatic heterocycles. The lowest BCUT2D eigenvalue weighted by molar-refractivity contribution is 0.230. The number of amides is 2. The molecule has 0 aromatic heterocycles. The average molecular weight is 262 g/mol. The van der Waals surface area contributed by atoms with Crippen LogP contribution in [0, 0.1) is 5.41 Å². The number of nitrogens with zero attached hydrogens (tertiary/aromatic N) is 1. The van der Waals surface area contributed by atoms with Crippen LogP contribution in [0.2, 0.25) is 0 Å². The van der Waals surface area contributed by atoms with Crippen molar-refractivity contribution in [1.82, 2.24) is 4.90 Å². The molecule has 1 N–H and O–H groups in total. The van der Waals surface area contributed by atoms with E-state index >= 15 is 0 Å². The number of hydrogen-bond donors (Lipinski definition) is 1. The van der Waals surface area contributed by atoms with Gasteiger partial charge in [-0.2, -0.15) is 0 Å². The normalized spacial score (nSPS) is 11.2. The lowest BCUT2D eigenvalue weighted by Crippen LogP contribution is -2.27. The van der Waals surface area contributed by atoms with Crippen LogP contribution in [0.3, 0.4) is 0 Å². The summed E-state index contributed by atoms with van der Waals surface area (Å²) in [5.41, 5.74) is 2.53. The first-order valence-corrected chi connectivity index (χ1v) is 6.85. The van der Waals surface area contributed by atoms with Gasteiger partial charge in [0.15, 0.2) is 0 Å². The van der Waals surface area contributed by atoms with Crippen LogP contribution >= 0.6 is 0 Å². The first-order chi connectivity index (χ1) is 8.78. The van der Waals surface area contributed by atoms with Gasteiger partial charge in [-0.25, -0.2) is 4.79 Å². The molecule has 0 unspecified atom stereocenters. The smallest absolute Gasteiger partial charge is 0.321 e. The van der Waals surface area contributed by atoms with Crippen LogP contribution in [0.25, 0.3) is 0 Å². The van der Waals surface area contributed by atoms with Crippen LogP contribution in [-0.4, -0.2) is 25.0 Å². The minimum Gasteiger partial charge on any atom is -0.331 e. The van der Waals surface area contributed by atoms with E-state index in [0.29, 0.717) is 5.41 Å². The van der Waals surface area contributed by atoms with Gasteiger partial charge in [0.2, 0.25) is 0 Å². The molecule has 0 saturated heterocycles. The Hall–Kier alpha value is -1.51. The van der Waals surface area contributed by atoms with Crippen molar-refractivity contribution in [1.29, 1.82) is 0 Å². The van der Waals surface area contributed by atoms with Gasteiger partial charge in [0.05, 0.1) is 0 Å². The third-order valence-corrected chi connectivity index (χ3v) is 2.98. The van der Waals surface area contributed by atoms with E-state index in [2.05, 4.69) is 38.2 Å². The summed E-state index contributed by atoms with van der Waals surface area (Å²) < 4.78 is 0. The Morgan fingerprint density at radius 3 is 2.53 bits per heavy atom. The number of hydrogen-bond acceptors (Lipinski definition) is 1. The van der Waals surface area contributed by atoms with Gasteiger partial charge in [-0.1, -0.05) is 32.9 Å². The second-order valence-electron chi connectivity index (χ2n) is 6.44. The maximum atomic E-state index is 11.6. The summed E-state index contributed by atoms with van der Waals surface area (Å²) >= 11 is 0. The molecule has 1 aromatic carbocycles. The zero-order chi connectivity index (χ0) is 14.5. The molecule has 0 fully saturated rings. The summed E-state index contributed by atoms with van der Waals surface area (Å²) in [4.78, 5) is 13.1. The Bertz CT molecular complexity index is 419. The van der Waals surface area contributed by atoms with E-state index in [1.165, 1.54) is 23.3 Å². The van der Waals surface area contributed by atoms with Gasteiger partial charge in [0.25, 0.3) is 0 Å². The third-order valence-electron chi connectivity index (χ3n) is 2.98. The number of urea groups is 1. The maximum Gasteiger partial charge on any atom is 0.321 e. The molecule has 0 aliphatic rings. The molecule has 1 rings (SSSR count). The number of nitrogens with one attached hydrogen (secondary N) is 1. The predicted octanol–water partition coefficient (Wildman–Crippen LogP) is 4.15.